The van der Waals surface area contributed by atoms with Gasteiger partial charge in [-0.3, -0.25) is 4.90 Å². The van der Waals surface area contributed by atoms with E-state index in [4.69, 9.17) is 0 Å². The molecule has 0 bridgehead atoms. The smallest absolute Gasteiger partial charge is 0.0244 e. The summed E-state index contributed by atoms with van der Waals surface area (Å²) in [6.07, 6.45) is 10.9. The molecule has 3 heteroatoms. The molecule has 0 aromatic carbocycles. The Hall–Kier alpha value is 0.270. The van der Waals surface area contributed by atoms with Crippen LogP contribution in [0.25, 0.3) is 0 Å². The summed E-state index contributed by atoms with van der Waals surface area (Å²) in [5, 5.41) is 3.89. The molecule has 0 amide bonds. The number of rotatable bonds is 6. The monoisotopic (exact) mass is 298 g/mol. The number of hydrogen-bond acceptors (Lipinski definition) is 3. The van der Waals surface area contributed by atoms with E-state index in [9.17, 15) is 0 Å². The largest absolute Gasteiger partial charge is 0.311 e. The Bertz CT molecular complexity index is 264. The van der Waals surface area contributed by atoms with Crippen LogP contribution in [0.5, 0.6) is 0 Å². The van der Waals surface area contributed by atoms with Crippen LogP contribution < -0.4 is 5.32 Å². The lowest BCUT2D eigenvalue weighted by Crippen LogP contribution is -2.60. The summed E-state index contributed by atoms with van der Waals surface area (Å²) in [4.78, 5) is 2.80. The standard InChI is InChI=1S/C17H34N2S/c1-14(2)17-12-18-16(15-8-5-4-6-9-15)13-19(17)10-7-11-20-3/h14-18H,4-13H2,1-3H3. The fourth-order valence-corrected chi connectivity index (χ4v) is 4.45. The molecule has 1 aliphatic carbocycles. The topological polar surface area (TPSA) is 15.3 Å². The molecule has 2 rings (SSSR count). The van der Waals surface area contributed by atoms with Crippen molar-refractivity contribution in [2.75, 3.05) is 31.6 Å². The lowest BCUT2D eigenvalue weighted by molar-refractivity contribution is 0.0726. The summed E-state index contributed by atoms with van der Waals surface area (Å²) < 4.78 is 0. The van der Waals surface area contributed by atoms with Gasteiger partial charge in [0.1, 0.15) is 0 Å². The van der Waals surface area contributed by atoms with Crippen LogP contribution in [0.15, 0.2) is 0 Å². The number of nitrogens with one attached hydrogen (secondary N) is 1. The highest BCUT2D eigenvalue weighted by atomic mass is 32.2. The molecule has 1 heterocycles. The van der Waals surface area contributed by atoms with Gasteiger partial charge in [-0.2, -0.15) is 11.8 Å². The average molecular weight is 299 g/mol. The third-order valence-electron chi connectivity index (χ3n) is 5.27. The molecule has 1 N–H and O–H groups in total. The molecule has 2 nitrogen and oxygen atoms in total. The van der Waals surface area contributed by atoms with Crippen LogP contribution >= 0.6 is 11.8 Å². The van der Waals surface area contributed by atoms with Crippen molar-refractivity contribution in [1.82, 2.24) is 10.2 Å². The molecular formula is C17H34N2S. The summed E-state index contributed by atoms with van der Waals surface area (Å²) in [6, 6.07) is 1.51. The predicted octanol–water partition coefficient (Wildman–Crippen LogP) is 3.62. The van der Waals surface area contributed by atoms with Gasteiger partial charge < -0.3 is 5.32 Å². The molecule has 0 radical (unpaired) electrons. The molecule has 1 aliphatic heterocycles. The first-order valence-corrected chi connectivity index (χ1v) is 10.1. The van der Waals surface area contributed by atoms with Gasteiger partial charge in [0.05, 0.1) is 0 Å². The Balaban J connectivity index is 1.88. The molecule has 20 heavy (non-hydrogen) atoms. The second-order valence-corrected chi connectivity index (χ2v) is 8.05. The molecule has 2 unspecified atom stereocenters. The Morgan fingerprint density at radius 3 is 2.60 bits per heavy atom. The molecule has 2 atom stereocenters. The van der Waals surface area contributed by atoms with Gasteiger partial charge in [-0.25, -0.2) is 0 Å². The maximum atomic E-state index is 3.89. The van der Waals surface area contributed by atoms with Crippen LogP contribution in [0.1, 0.15) is 52.4 Å². The van der Waals surface area contributed by atoms with Crippen molar-refractivity contribution in [3.05, 3.63) is 0 Å². The first kappa shape index (κ1) is 16.6. The van der Waals surface area contributed by atoms with Crippen LogP contribution in [0.2, 0.25) is 0 Å². The normalized spacial score (nSPS) is 30.0. The lowest BCUT2D eigenvalue weighted by Gasteiger charge is -2.45. The van der Waals surface area contributed by atoms with E-state index >= 15 is 0 Å². The summed E-state index contributed by atoms with van der Waals surface area (Å²) >= 11 is 1.99. The van der Waals surface area contributed by atoms with Crippen LogP contribution in [-0.2, 0) is 0 Å². The number of nitrogens with zero attached hydrogens (tertiary/aromatic N) is 1. The first-order chi connectivity index (χ1) is 9.72. The minimum atomic E-state index is 0.747. The highest BCUT2D eigenvalue weighted by Crippen LogP contribution is 2.29. The van der Waals surface area contributed by atoms with Crippen LogP contribution in [0, 0.1) is 11.8 Å². The van der Waals surface area contributed by atoms with Crippen molar-refractivity contribution < 1.29 is 0 Å². The van der Waals surface area contributed by atoms with E-state index < -0.39 is 0 Å². The molecule has 2 fully saturated rings. The molecule has 0 spiro atoms. The number of piperazine rings is 1. The van der Waals surface area contributed by atoms with Gasteiger partial charge >= 0.3 is 0 Å². The number of thioether (sulfide) groups is 1. The van der Waals surface area contributed by atoms with Crippen molar-refractivity contribution in [2.24, 2.45) is 11.8 Å². The summed E-state index contributed by atoms with van der Waals surface area (Å²) in [5.41, 5.74) is 0. The van der Waals surface area contributed by atoms with E-state index in [1.807, 2.05) is 11.8 Å². The average Bonchev–Trinajstić information content (AvgIpc) is 2.48. The molecule has 2 aliphatic rings. The van der Waals surface area contributed by atoms with Gasteiger partial charge in [0.2, 0.25) is 0 Å². The van der Waals surface area contributed by atoms with Crippen LogP contribution in [-0.4, -0.2) is 48.6 Å². The van der Waals surface area contributed by atoms with E-state index in [-0.39, 0.29) is 0 Å². The first-order valence-electron chi connectivity index (χ1n) is 8.68. The fourth-order valence-electron chi connectivity index (χ4n) is 4.03. The molecule has 1 saturated heterocycles. The maximum Gasteiger partial charge on any atom is 0.0244 e. The van der Waals surface area contributed by atoms with Gasteiger partial charge in [0.25, 0.3) is 0 Å². The Morgan fingerprint density at radius 1 is 1.20 bits per heavy atom. The third kappa shape index (κ3) is 4.64. The van der Waals surface area contributed by atoms with Crippen LogP contribution in [0.3, 0.4) is 0 Å². The van der Waals surface area contributed by atoms with E-state index in [1.165, 1.54) is 63.9 Å². The second kappa shape index (κ2) is 8.65. The lowest BCUT2D eigenvalue weighted by atomic mass is 9.82. The van der Waals surface area contributed by atoms with Crippen LogP contribution in [0.4, 0.5) is 0 Å². The van der Waals surface area contributed by atoms with E-state index in [0.29, 0.717) is 0 Å². The van der Waals surface area contributed by atoms with Crippen molar-refractivity contribution in [3.63, 3.8) is 0 Å². The summed E-state index contributed by atoms with van der Waals surface area (Å²) in [7, 11) is 0. The van der Waals surface area contributed by atoms with Gasteiger partial charge in [0.15, 0.2) is 0 Å². The Kier molecular flexibility index (Phi) is 7.20. The molecule has 0 aromatic heterocycles. The van der Waals surface area contributed by atoms with E-state index in [0.717, 1.165) is 23.9 Å². The van der Waals surface area contributed by atoms with Crippen molar-refractivity contribution in [2.45, 2.75) is 64.5 Å². The molecular weight excluding hydrogens is 264 g/mol. The quantitative estimate of drug-likeness (QED) is 0.754. The minimum Gasteiger partial charge on any atom is -0.311 e. The van der Waals surface area contributed by atoms with E-state index in [2.05, 4.69) is 30.3 Å². The molecule has 0 aromatic rings. The van der Waals surface area contributed by atoms with Crippen molar-refractivity contribution >= 4 is 11.8 Å². The third-order valence-corrected chi connectivity index (χ3v) is 5.97. The van der Waals surface area contributed by atoms with Crippen molar-refractivity contribution in [3.8, 4) is 0 Å². The Labute approximate surface area is 130 Å². The fraction of sp³-hybridized carbons (Fsp3) is 1.00. The summed E-state index contributed by atoms with van der Waals surface area (Å²) in [5.74, 6) is 3.02. The highest BCUT2D eigenvalue weighted by molar-refractivity contribution is 7.98. The van der Waals surface area contributed by atoms with E-state index in [1.54, 1.807) is 0 Å². The zero-order chi connectivity index (χ0) is 14.4. The summed E-state index contributed by atoms with van der Waals surface area (Å²) in [6.45, 7) is 8.57. The highest BCUT2D eigenvalue weighted by Gasteiger charge is 2.33. The molecule has 1 saturated carbocycles. The second-order valence-electron chi connectivity index (χ2n) is 7.07. The molecule has 118 valence electrons. The minimum absolute atomic E-state index is 0.747. The maximum absolute atomic E-state index is 3.89. The zero-order valence-electron chi connectivity index (χ0n) is 13.7. The zero-order valence-corrected chi connectivity index (χ0v) is 14.6. The Morgan fingerprint density at radius 2 is 1.95 bits per heavy atom. The van der Waals surface area contributed by atoms with Gasteiger partial charge in [-0.05, 0) is 49.7 Å². The van der Waals surface area contributed by atoms with Gasteiger partial charge in [0, 0.05) is 25.2 Å². The van der Waals surface area contributed by atoms with Gasteiger partial charge in [-0.15, -0.1) is 0 Å². The SMILES string of the molecule is CSCCCN1CC(C2CCCCC2)NCC1C(C)C. The van der Waals surface area contributed by atoms with Gasteiger partial charge in [-0.1, -0.05) is 33.1 Å². The van der Waals surface area contributed by atoms with Crippen molar-refractivity contribution in [1.29, 1.82) is 0 Å². The predicted molar refractivity (Wildman–Crippen MR) is 91.6 cm³/mol. The number of hydrogen-bond donors (Lipinski definition) is 1.